The molecular weight excluding hydrogens is 222 g/mol. The molecule has 0 aromatic carbocycles. The Hall–Kier alpha value is -1.14. The van der Waals surface area contributed by atoms with Gasteiger partial charge in [0.25, 0.3) is 0 Å². The van der Waals surface area contributed by atoms with Gasteiger partial charge in [-0.05, 0) is 26.2 Å². The number of hydrogen-bond donors (Lipinski definition) is 2. The minimum atomic E-state index is -1.81. The quantitative estimate of drug-likeness (QED) is 0.726. The zero-order chi connectivity index (χ0) is 12.4. The summed E-state index contributed by atoms with van der Waals surface area (Å²) in [4.78, 5) is 6.16. The van der Waals surface area contributed by atoms with Crippen molar-refractivity contribution in [2.75, 3.05) is 11.4 Å². The van der Waals surface area contributed by atoms with E-state index in [4.69, 9.17) is 10.0 Å². The maximum absolute atomic E-state index is 13.6. The SMILES string of the molecule is CC1CCCCN1c1cc(F)c(B(O)O)cn1. The highest BCUT2D eigenvalue weighted by Crippen LogP contribution is 2.22. The Balaban J connectivity index is 2.24. The van der Waals surface area contributed by atoms with Gasteiger partial charge in [-0.3, -0.25) is 0 Å². The molecule has 0 spiro atoms. The molecule has 1 fully saturated rings. The van der Waals surface area contributed by atoms with Crippen LogP contribution in [0.25, 0.3) is 0 Å². The van der Waals surface area contributed by atoms with Crippen LogP contribution in [0.5, 0.6) is 0 Å². The van der Waals surface area contributed by atoms with E-state index >= 15 is 0 Å². The fraction of sp³-hybridized carbons (Fsp3) is 0.545. The zero-order valence-corrected chi connectivity index (χ0v) is 9.80. The molecule has 1 aliphatic heterocycles. The van der Waals surface area contributed by atoms with Gasteiger partial charge in [-0.2, -0.15) is 0 Å². The average molecular weight is 238 g/mol. The van der Waals surface area contributed by atoms with Crippen molar-refractivity contribution in [2.24, 2.45) is 0 Å². The molecule has 4 nitrogen and oxygen atoms in total. The van der Waals surface area contributed by atoms with E-state index in [9.17, 15) is 4.39 Å². The van der Waals surface area contributed by atoms with Gasteiger partial charge >= 0.3 is 7.12 Å². The molecule has 0 amide bonds. The Labute approximate surface area is 100 Å². The molecule has 0 saturated carbocycles. The molecule has 2 N–H and O–H groups in total. The number of nitrogens with zero attached hydrogens (tertiary/aromatic N) is 2. The van der Waals surface area contributed by atoms with E-state index in [0.29, 0.717) is 11.9 Å². The first-order chi connectivity index (χ1) is 8.09. The first-order valence-electron chi connectivity index (χ1n) is 5.88. The topological polar surface area (TPSA) is 56.6 Å². The van der Waals surface area contributed by atoms with Gasteiger partial charge < -0.3 is 14.9 Å². The summed E-state index contributed by atoms with van der Waals surface area (Å²) < 4.78 is 13.6. The predicted molar refractivity (Wildman–Crippen MR) is 64.7 cm³/mol. The Kier molecular flexibility index (Phi) is 3.64. The minimum absolute atomic E-state index is 0.182. The largest absolute Gasteiger partial charge is 0.493 e. The van der Waals surface area contributed by atoms with Crippen LogP contribution in [0.4, 0.5) is 10.2 Å². The molecule has 1 aromatic heterocycles. The normalized spacial score (nSPS) is 20.5. The van der Waals surface area contributed by atoms with Crippen LogP contribution in [0.15, 0.2) is 12.3 Å². The summed E-state index contributed by atoms with van der Waals surface area (Å²) in [7, 11) is -1.81. The summed E-state index contributed by atoms with van der Waals surface area (Å²) in [6.45, 7) is 2.96. The van der Waals surface area contributed by atoms with Crippen molar-refractivity contribution >= 4 is 18.4 Å². The smallest absolute Gasteiger partial charge is 0.423 e. The third kappa shape index (κ3) is 2.58. The molecule has 1 unspecified atom stereocenters. The van der Waals surface area contributed by atoms with E-state index in [-0.39, 0.29) is 5.46 Å². The zero-order valence-electron chi connectivity index (χ0n) is 9.80. The van der Waals surface area contributed by atoms with E-state index in [0.717, 1.165) is 19.4 Å². The van der Waals surface area contributed by atoms with Crippen molar-refractivity contribution in [3.8, 4) is 0 Å². The fourth-order valence-electron chi connectivity index (χ4n) is 2.22. The third-order valence-electron chi connectivity index (χ3n) is 3.24. The molecule has 2 heterocycles. The second-order valence-electron chi connectivity index (χ2n) is 4.48. The summed E-state index contributed by atoms with van der Waals surface area (Å²) in [5, 5.41) is 17.8. The highest BCUT2D eigenvalue weighted by Gasteiger charge is 2.23. The van der Waals surface area contributed by atoms with Crippen molar-refractivity contribution < 1.29 is 14.4 Å². The summed E-state index contributed by atoms with van der Waals surface area (Å²) in [6, 6.07) is 1.62. The first kappa shape index (κ1) is 12.3. The van der Waals surface area contributed by atoms with Crippen molar-refractivity contribution in [1.82, 2.24) is 4.98 Å². The number of anilines is 1. The van der Waals surface area contributed by atoms with Crippen LogP contribution in [0, 0.1) is 5.82 Å². The number of rotatable bonds is 2. The van der Waals surface area contributed by atoms with Crippen LogP contribution >= 0.6 is 0 Å². The molecule has 1 saturated heterocycles. The van der Waals surface area contributed by atoms with Crippen LogP contribution in [0.2, 0.25) is 0 Å². The maximum atomic E-state index is 13.6. The maximum Gasteiger partial charge on any atom is 0.493 e. The highest BCUT2D eigenvalue weighted by molar-refractivity contribution is 6.58. The predicted octanol–water partition coefficient (Wildman–Crippen LogP) is 0.279. The highest BCUT2D eigenvalue weighted by atomic mass is 19.1. The van der Waals surface area contributed by atoms with Gasteiger partial charge in [-0.25, -0.2) is 9.37 Å². The summed E-state index contributed by atoms with van der Waals surface area (Å²) >= 11 is 0. The van der Waals surface area contributed by atoms with Gasteiger partial charge in [0.1, 0.15) is 11.6 Å². The molecule has 92 valence electrons. The Morgan fingerprint density at radius 3 is 2.82 bits per heavy atom. The van der Waals surface area contributed by atoms with E-state index in [1.165, 1.54) is 18.7 Å². The van der Waals surface area contributed by atoms with Crippen molar-refractivity contribution in [2.45, 2.75) is 32.2 Å². The van der Waals surface area contributed by atoms with Crippen molar-refractivity contribution in [3.63, 3.8) is 0 Å². The molecule has 0 aliphatic carbocycles. The lowest BCUT2D eigenvalue weighted by atomic mass is 9.81. The van der Waals surface area contributed by atoms with Crippen LogP contribution in [-0.4, -0.2) is 34.7 Å². The Bertz CT molecular complexity index is 403. The van der Waals surface area contributed by atoms with Gasteiger partial charge in [0, 0.05) is 30.3 Å². The average Bonchev–Trinajstić information content (AvgIpc) is 2.29. The van der Waals surface area contributed by atoms with Crippen LogP contribution in [0.3, 0.4) is 0 Å². The number of pyridine rings is 1. The molecule has 1 atom stereocenters. The molecule has 1 aromatic rings. The second-order valence-corrected chi connectivity index (χ2v) is 4.48. The minimum Gasteiger partial charge on any atom is -0.423 e. The second kappa shape index (κ2) is 5.02. The van der Waals surface area contributed by atoms with E-state index in [1.54, 1.807) is 0 Å². The van der Waals surface area contributed by atoms with Gasteiger partial charge in [-0.15, -0.1) is 0 Å². The number of halogens is 1. The molecule has 0 bridgehead atoms. The van der Waals surface area contributed by atoms with Crippen molar-refractivity contribution in [3.05, 3.63) is 18.1 Å². The van der Waals surface area contributed by atoms with Crippen LogP contribution in [-0.2, 0) is 0 Å². The first-order valence-corrected chi connectivity index (χ1v) is 5.88. The number of piperidine rings is 1. The fourth-order valence-corrected chi connectivity index (χ4v) is 2.22. The summed E-state index contributed by atoms with van der Waals surface area (Å²) in [5.74, 6) is -0.0538. The van der Waals surface area contributed by atoms with Crippen molar-refractivity contribution in [1.29, 1.82) is 0 Å². The van der Waals surface area contributed by atoms with E-state index < -0.39 is 12.9 Å². The molecule has 17 heavy (non-hydrogen) atoms. The number of aromatic nitrogens is 1. The number of hydrogen-bond acceptors (Lipinski definition) is 4. The lowest BCUT2D eigenvalue weighted by Gasteiger charge is -2.34. The monoisotopic (exact) mass is 238 g/mol. The van der Waals surface area contributed by atoms with E-state index in [1.807, 2.05) is 0 Å². The Morgan fingerprint density at radius 2 is 2.24 bits per heavy atom. The molecule has 0 radical (unpaired) electrons. The van der Waals surface area contributed by atoms with Crippen LogP contribution in [0.1, 0.15) is 26.2 Å². The molecular formula is C11H16BFN2O2. The van der Waals surface area contributed by atoms with Gasteiger partial charge in [0.15, 0.2) is 0 Å². The Morgan fingerprint density at radius 1 is 1.47 bits per heavy atom. The molecule has 6 heteroatoms. The van der Waals surface area contributed by atoms with E-state index in [2.05, 4.69) is 16.8 Å². The molecule has 1 aliphatic rings. The third-order valence-corrected chi connectivity index (χ3v) is 3.24. The standard InChI is InChI=1S/C11H16BFN2O2/c1-8-4-2-3-5-15(8)11-6-10(13)9(7-14-11)12(16)17/h6-8,16-17H,2-5H2,1H3. The lowest BCUT2D eigenvalue weighted by molar-refractivity contribution is 0.422. The summed E-state index contributed by atoms with van der Waals surface area (Å²) in [6.07, 6.45) is 4.54. The van der Waals surface area contributed by atoms with Gasteiger partial charge in [0.05, 0.1) is 0 Å². The van der Waals surface area contributed by atoms with Gasteiger partial charge in [-0.1, -0.05) is 0 Å². The molecule has 2 rings (SSSR count). The van der Waals surface area contributed by atoms with Gasteiger partial charge in [0.2, 0.25) is 0 Å². The lowest BCUT2D eigenvalue weighted by Crippen LogP contribution is -2.39. The summed E-state index contributed by atoms with van der Waals surface area (Å²) in [5.41, 5.74) is -0.182. The van der Waals surface area contributed by atoms with Crippen LogP contribution < -0.4 is 10.4 Å².